The van der Waals surface area contributed by atoms with Crippen LogP contribution in [0.25, 0.3) is 0 Å². The Kier molecular flexibility index (Phi) is 7.60. The Hall–Kier alpha value is -3.38. The number of ether oxygens (including phenoxy) is 1. The third-order valence-electron chi connectivity index (χ3n) is 5.73. The summed E-state index contributed by atoms with van der Waals surface area (Å²) in [5, 5.41) is 2.83. The molecule has 0 spiro atoms. The lowest BCUT2D eigenvalue weighted by Crippen LogP contribution is -2.38. The van der Waals surface area contributed by atoms with Crippen molar-refractivity contribution in [3.8, 4) is 0 Å². The van der Waals surface area contributed by atoms with Crippen LogP contribution < -0.4 is 9.62 Å². The SMILES string of the molecule is CCOC(=O)c1c(NC(=O)CN(c2cccc(C(F)(F)F)c2)S(=O)(=O)c2ccccc2)sc2c1CCC2. The van der Waals surface area contributed by atoms with Crippen LogP contribution >= 0.6 is 11.3 Å². The number of nitrogens with one attached hydrogen (secondary N) is 1. The fraction of sp³-hybridized carbons (Fsp3) is 0.280. The summed E-state index contributed by atoms with van der Waals surface area (Å²) >= 11 is 1.21. The molecule has 0 bridgehead atoms. The summed E-state index contributed by atoms with van der Waals surface area (Å²) in [6, 6.07) is 10.9. The number of carbonyl (C=O) groups excluding carboxylic acids is 2. The van der Waals surface area contributed by atoms with E-state index in [9.17, 15) is 31.2 Å². The van der Waals surface area contributed by atoms with Crippen molar-refractivity contribution in [1.82, 2.24) is 0 Å². The summed E-state index contributed by atoms with van der Waals surface area (Å²) in [6.07, 6.45) is -2.47. The van der Waals surface area contributed by atoms with Crippen LogP contribution in [0.15, 0.2) is 59.5 Å². The molecule has 1 N–H and O–H groups in total. The Morgan fingerprint density at radius 3 is 2.49 bits per heavy atom. The Bertz CT molecular complexity index is 1420. The zero-order valence-electron chi connectivity index (χ0n) is 19.7. The Labute approximate surface area is 215 Å². The van der Waals surface area contributed by atoms with Crippen LogP contribution in [0.1, 0.15) is 39.7 Å². The number of sulfonamides is 1. The van der Waals surface area contributed by atoms with Gasteiger partial charge in [0.05, 0.1) is 28.3 Å². The molecule has 1 heterocycles. The summed E-state index contributed by atoms with van der Waals surface area (Å²) in [4.78, 5) is 26.5. The standard InChI is InChI=1S/C25H23F3N2O5S2/c1-2-35-24(32)22-19-12-7-13-20(19)36-23(22)29-21(31)15-30(37(33,34)18-10-4-3-5-11-18)17-9-6-8-16(14-17)25(26,27)28/h3-6,8-11,14H,2,7,12-13,15H2,1H3,(H,29,31). The maximum Gasteiger partial charge on any atom is 0.416 e. The number of nitrogens with zero attached hydrogens (tertiary/aromatic N) is 1. The number of benzene rings is 2. The molecule has 0 fully saturated rings. The predicted molar refractivity (Wildman–Crippen MR) is 133 cm³/mol. The van der Waals surface area contributed by atoms with Gasteiger partial charge in [-0.25, -0.2) is 13.2 Å². The molecule has 2 aromatic carbocycles. The molecule has 1 aromatic heterocycles. The fourth-order valence-electron chi connectivity index (χ4n) is 4.08. The summed E-state index contributed by atoms with van der Waals surface area (Å²) in [5.74, 6) is -1.41. The highest BCUT2D eigenvalue weighted by atomic mass is 32.2. The topological polar surface area (TPSA) is 92.8 Å². The van der Waals surface area contributed by atoms with Crippen molar-refractivity contribution in [2.45, 2.75) is 37.3 Å². The lowest BCUT2D eigenvalue weighted by molar-refractivity contribution is -0.137. The van der Waals surface area contributed by atoms with E-state index in [2.05, 4.69) is 5.32 Å². The van der Waals surface area contributed by atoms with Crippen molar-refractivity contribution >= 4 is 43.9 Å². The first-order chi connectivity index (χ1) is 17.5. The van der Waals surface area contributed by atoms with Crippen molar-refractivity contribution in [2.24, 2.45) is 0 Å². The highest BCUT2D eigenvalue weighted by molar-refractivity contribution is 7.92. The van der Waals surface area contributed by atoms with Gasteiger partial charge in [0, 0.05) is 4.88 Å². The van der Waals surface area contributed by atoms with Gasteiger partial charge in [0.1, 0.15) is 11.5 Å². The Morgan fingerprint density at radius 2 is 1.81 bits per heavy atom. The molecule has 0 radical (unpaired) electrons. The Balaban J connectivity index is 1.70. The molecule has 3 aromatic rings. The van der Waals surface area contributed by atoms with Crippen molar-refractivity contribution in [1.29, 1.82) is 0 Å². The molecule has 0 saturated carbocycles. The molecule has 0 saturated heterocycles. The highest BCUT2D eigenvalue weighted by Gasteiger charge is 2.34. The molecule has 12 heteroatoms. The monoisotopic (exact) mass is 552 g/mol. The third-order valence-corrected chi connectivity index (χ3v) is 8.73. The van der Waals surface area contributed by atoms with Crippen LogP contribution in [0.3, 0.4) is 0 Å². The number of anilines is 2. The summed E-state index contributed by atoms with van der Waals surface area (Å²) in [6.45, 7) is 0.975. The van der Waals surface area contributed by atoms with Crippen LogP contribution in [0.5, 0.6) is 0 Å². The molecule has 0 aliphatic heterocycles. The van der Waals surface area contributed by atoms with Crippen LogP contribution in [0, 0.1) is 0 Å². The van der Waals surface area contributed by atoms with E-state index in [1.54, 1.807) is 13.0 Å². The van der Waals surface area contributed by atoms with E-state index >= 15 is 0 Å². The number of thiophene rings is 1. The van der Waals surface area contributed by atoms with Crippen LogP contribution in [-0.2, 0) is 38.6 Å². The number of amides is 1. The molecule has 1 amide bonds. The normalized spacial score (nSPS) is 13.2. The van der Waals surface area contributed by atoms with E-state index in [0.717, 1.165) is 35.4 Å². The maximum atomic E-state index is 13.4. The first kappa shape index (κ1) is 26.7. The average Bonchev–Trinajstić information content (AvgIpc) is 3.43. The van der Waals surface area contributed by atoms with E-state index in [4.69, 9.17) is 4.74 Å². The van der Waals surface area contributed by atoms with Gasteiger partial charge >= 0.3 is 12.1 Å². The minimum atomic E-state index is -4.72. The van der Waals surface area contributed by atoms with E-state index in [1.807, 2.05) is 0 Å². The molecule has 196 valence electrons. The van der Waals surface area contributed by atoms with Gasteiger partial charge in [0.15, 0.2) is 0 Å². The number of hydrogen-bond acceptors (Lipinski definition) is 6. The number of halogens is 3. The van der Waals surface area contributed by atoms with Crippen molar-refractivity contribution in [3.63, 3.8) is 0 Å². The van der Waals surface area contributed by atoms with E-state index < -0.39 is 40.2 Å². The largest absolute Gasteiger partial charge is 0.462 e. The second-order valence-electron chi connectivity index (χ2n) is 8.20. The van der Waals surface area contributed by atoms with E-state index in [-0.39, 0.29) is 27.8 Å². The molecule has 0 atom stereocenters. The van der Waals surface area contributed by atoms with Crippen molar-refractivity contribution < 1.29 is 35.9 Å². The molecule has 1 aliphatic rings. The van der Waals surface area contributed by atoms with E-state index in [0.29, 0.717) is 16.8 Å². The molecule has 0 unspecified atom stereocenters. The predicted octanol–water partition coefficient (Wildman–Crippen LogP) is 5.27. The van der Waals surface area contributed by atoms with Gasteiger partial charge in [0.25, 0.3) is 10.0 Å². The summed E-state index contributed by atoms with van der Waals surface area (Å²) < 4.78 is 72.8. The van der Waals surface area contributed by atoms with Gasteiger partial charge in [-0.2, -0.15) is 13.2 Å². The summed E-state index contributed by atoms with van der Waals surface area (Å²) in [5.41, 5.74) is -0.347. The van der Waals surface area contributed by atoms with Gasteiger partial charge in [-0.1, -0.05) is 24.3 Å². The van der Waals surface area contributed by atoms with E-state index in [1.165, 1.54) is 41.7 Å². The molecular formula is C25H23F3N2O5S2. The molecule has 7 nitrogen and oxygen atoms in total. The molecular weight excluding hydrogens is 529 g/mol. The van der Waals surface area contributed by atoms with Gasteiger partial charge in [-0.15, -0.1) is 11.3 Å². The first-order valence-corrected chi connectivity index (χ1v) is 13.6. The number of aryl methyl sites for hydroxylation is 1. The summed E-state index contributed by atoms with van der Waals surface area (Å²) in [7, 11) is -4.42. The third kappa shape index (κ3) is 5.64. The second-order valence-corrected chi connectivity index (χ2v) is 11.2. The lowest BCUT2D eigenvalue weighted by Gasteiger charge is -2.25. The van der Waals surface area contributed by atoms with Crippen molar-refractivity contribution in [3.05, 3.63) is 76.2 Å². The molecule has 4 rings (SSSR count). The molecule has 37 heavy (non-hydrogen) atoms. The van der Waals surface area contributed by atoms with Crippen LogP contribution in [0.2, 0.25) is 0 Å². The first-order valence-electron chi connectivity index (χ1n) is 11.4. The number of alkyl halides is 3. The highest BCUT2D eigenvalue weighted by Crippen LogP contribution is 2.40. The fourth-order valence-corrected chi connectivity index (χ4v) is 6.81. The zero-order chi connectivity index (χ0) is 26.8. The van der Waals surface area contributed by atoms with Crippen LogP contribution in [0.4, 0.5) is 23.9 Å². The number of fused-ring (bicyclic) bond motifs is 1. The average molecular weight is 553 g/mol. The van der Waals surface area contributed by atoms with Gasteiger partial charge in [-0.05, 0) is 62.1 Å². The van der Waals surface area contributed by atoms with Crippen molar-refractivity contribution in [2.75, 3.05) is 22.8 Å². The molecule has 1 aliphatic carbocycles. The quantitative estimate of drug-likeness (QED) is 0.385. The second kappa shape index (κ2) is 10.5. The zero-order valence-corrected chi connectivity index (χ0v) is 21.3. The Morgan fingerprint density at radius 1 is 1.08 bits per heavy atom. The van der Waals surface area contributed by atoms with Crippen LogP contribution in [-0.4, -0.2) is 33.4 Å². The minimum absolute atomic E-state index is 0.134. The number of carbonyl (C=O) groups is 2. The van der Waals surface area contributed by atoms with Gasteiger partial charge < -0.3 is 10.1 Å². The number of rotatable bonds is 8. The number of esters is 1. The minimum Gasteiger partial charge on any atom is -0.462 e. The smallest absolute Gasteiger partial charge is 0.416 e. The maximum absolute atomic E-state index is 13.4. The van der Waals surface area contributed by atoms with Gasteiger partial charge in [0.2, 0.25) is 5.91 Å². The lowest BCUT2D eigenvalue weighted by atomic mass is 10.1. The number of hydrogen-bond donors (Lipinski definition) is 1. The van der Waals surface area contributed by atoms with Gasteiger partial charge in [-0.3, -0.25) is 9.10 Å².